The largest absolute Gasteiger partial charge is 0.472 e. The van der Waals surface area contributed by atoms with Gasteiger partial charge in [0.2, 0.25) is 0 Å². The standard InChI is InChI=1S/C47H77O14P/c1-3-5-7-9-11-12-13-14-15-16-17-18-19-20-22-26-31-35-41(50)60-39(37-59-62(56,57)61-47-45(54)43(52)42(51)44(53)46(47)55)36-58-40(49)34-30-27-23-25-29-33-38(48)32-28-24-21-10-8-6-4-2/h5-8,11-12,14-15,17-18,21,24,28,32,38-39,42-48,51-55H,3-4,9-10,13,16,19-20,22-23,25-27,29-31,33-37H2,1-2H3,(H,56,57)/b7-5-,8-6+,12-11-,15-14-,18-17-,24-21+,32-28+/t38?,39-,42?,43-,44+,45-,46-,47?/m1/s1. The Balaban J connectivity index is 2.54. The van der Waals surface area contributed by atoms with Crippen LogP contribution in [-0.2, 0) is 32.7 Å². The second-order valence-electron chi connectivity index (χ2n) is 15.3. The summed E-state index contributed by atoms with van der Waals surface area (Å²) in [4.78, 5) is 35.7. The molecule has 0 saturated heterocycles. The van der Waals surface area contributed by atoms with Crippen LogP contribution in [0.3, 0.4) is 0 Å². The molecule has 14 nitrogen and oxygen atoms in total. The molecule has 4 unspecified atom stereocenters. The van der Waals surface area contributed by atoms with Gasteiger partial charge in [0, 0.05) is 12.8 Å². The molecule has 62 heavy (non-hydrogen) atoms. The summed E-state index contributed by atoms with van der Waals surface area (Å²) in [6.45, 7) is 2.93. The topological polar surface area (TPSA) is 230 Å². The summed E-state index contributed by atoms with van der Waals surface area (Å²) in [7, 11) is -5.15. The van der Waals surface area contributed by atoms with E-state index in [-0.39, 0.29) is 12.8 Å². The number of unbranched alkanes of at least 4 members (excludes halogenated alkanes) is 8. The Hall–Kier alpha value is -3.01. The number of phosphoric acid groups is 1. The molecule has 0 aromatic heterocycles. The second-order valence-corrected chi connectivity index (χ2v) is 16.7. The molecule has 1 rings (SSSR count). The van der Waals surface area contributed by atoms with Gasteiger partial charge in [-0.05, 0) is 70.6 Å². The smallest absolute Gasteiger partial charge is 0.462 e. The van der Waals surface area contributed by atoms with E-state index in [2.05, 4.69) is 74.6 Å². The Labute approximate surface area is 370 Å². The Kier molecular flexibility index (Phi) is 33.4. The number of esters is 2. The number of rotatable bonds is 35. The lowest BCUT2D eigenvalue weighted by atomic mass is 9.85. The van der Waals surface area contributed by atoms with Crippen LogP contribution < -0.4 is 0 Å². The molecular formula is C47H77O14P. The highest BCUT2D eigenvalue weighted by Crippen LogP contribution is 2.47. The first-order valence-corrected chi connectivity index (χ1v) is 24.0. The van der Waals surface area contributed by atoms with Crippen molar-refractivity contribution in [1.29, 1.82) is 0 Å². The van der Waals surface area contributed by atoms with Crippen LogP contribution in [0.15, 0.2) is 85.1 Å². The highest BCUT2D eigenvalue weighted by Gasteiger charge is 2.51. The quantitative estimate of drug-likeness (QED) is 0.0108. The highest BCUT2D eigenvalue weighted by atomic mass is 31.2. The van der Waals surface area contributed by atoms with Gasteiger partial charge in [0.1, 0.15) is 43.2 Å². The SMILES string of the molecule is CC/C=C\C/C=C\C/C=C\C/C=C\CCCCCCC(=O)O[C@H](COC(=O)CCCCCCCC(O)/C=C/C=C/C/C=C/CC)COP(=O)(O)OC1[C@H](O)[C@H](O)C(O)[C@H](O)[C@H]1O. The van der Waals surface area contributed by atoms with Crippen molar-refractivity contribution in [1.82, 2.24) is 0 Å². The molecule has 0 aromatic carbocycles. The van der Waals surface area contributed by atoms with E-state index in [1.807, 2.05) is 18.2 Å². The van der Waals surface area contributed by atoms with Gasteiger partial charge in [0.25, 0.3) is 0 Å². The molecule has 1 aliphatic rings. The maximum atomic E-state index is 12.8. The zero-order valence-electron chi connectivity index (χ0n) is 37.0. The monoisotopic (exact) mass is 897 g/mol. The van der Waals surface area contributed by atoms with Crippen molar-refractivity contribution in [3.8, 4) is 0 Å². The van der Waals surface area contributed by atoms with Gasteiger partial charge in [0.05, 0.1) is 12.7 Å². The van der Waals surface area contributed by atoms with Gasteiger partial charge in [-0.2, -0.15) is 0 Å². The van der Waals surface area contributed by atoms with E-state index in [0.717, 1.165) is 89.9 Å². The van der Waals surface area contributed by atoms with Gasteiger partial charge in [-0.15, -0.1) is 0 Å². The number of carbonyl (C=O) groups excluding carboxylic acids is 2. The zero-order chi connectivity index (χ0) is 45.9. The molecular weight excluding hydrogens is 819 g/mol. The fourth-order valence-corrected chi connectivity index (χ4v) is 7.20. The lowest BCUT2D eigenvalue weighted by Gasteiger charge is -2.41. The van der Waals surface area contributed by atoms with Crippen molar-refractivity contribution in [3.63, 3.8) is 0 Å². The van der Waals surface area contributed by atoms with E-state index in [0.29, 0.717) is 19.3 Å². The number of phosphoric ester groups is 1. The third-order valence-corrected chi connectivity index (χ3v) is 10.8. The molecule has 0 bridgehead atoms. The van der Waals surface area contributed by atoms with E-state index < -0.39 is 81.8 Å². The lowest BCUT2D eigenvalue weighted by molar-refractivity contribution is -0.220. The summed E-state index contributed by atoms with van der Waals surface area (Å²) in [6, 6.07) is 0. The van der Waals surface area contributed by atoms with Crippen LogP contribution >= 0.6 is 7.82 Å². The lowest BCUT2D eigenvalue weighted by Crippen LogP contribution is -2.64. The van der Waals surface area contributed by atoms with Crippen molar-refractivity contribution in [2.75, 3.05) is 13.2 Å². The van der Waals surface area contributed by atoms with Crippen molar-refractivity contribution in [3.05, 3.63) is 85.1 Å². The predicted octanol–water partition coefficient (Wildman–Crippen LogP) is 7.47. The third kappa shape index (κ3) is 28.6. The Morgan fingerprint density at radius 1 is 0.581 bits per heavy atom. The van der Waals surface area contributed by atoms with E-state index in [4.69, 9.17) is 18.5 Å². The van der Waals surface area contributed by atoms with Crippen LogP contribution in [0.2, 0.25) is 0 Å². The average Bonchev–Trinajstić information content (AvgIpc) is 3.25. The van der Waals surface area contributed by atoms with Gasteiger partial charge < -0.3 is 45.0 Å². The molecule has 354 valence electrons. The molecule has 0 radical (unpaired) electrons. The minimum absolute atomic E-state index is 0.0432. The molecule has 1 saturated carbocycles. The van der Waals surface area contributed by atoms with Crippen molar-refractivity contribution >= 4 is 19.8 Å². The fraction of sp³-hybridized carbons (Fsp3) is 0.660. The van der Waals surface area contributed by atoms with E-state index >= 15 is 0 Å². The van der Waals surface area contributed by atoms with Crippen molar-refractivity contribution in [2.45, 2.75) is 185 Å². The maximum absolute atomic E-state index is 12.8. The molecule has 0 spiro atoms. The normalized spacial score (nSPS) is 23.2. The van der Waals surface area contributed by atoms with Crippen LogP contribution in [0.5, 0.6) is 0 Å². The van der Waals surface area contributed by atoms with Crippen molar-refractivity contribution < 1.29 is 68.2 Å². The number of carbonyl (C=O) groups is 2. The summed E-state index contributed by atoms with van der Waals surface area (Å²) in [5.74, 6) is -1.21. The van der Waals surface area contributed by atoms with Gasteiger partial charge in [-0.25, -0.2) is 4.57 Å². The Morgan fingerprint density at radius 2 is 1.06 bits per heavy atom. The van der Waals surface area contributed by atoms with Gasteiger partial charge >= 0.3 is 19.8 Å². The number of aliphatic hydroxyl groups is 6. The minimum atomic E-state index is -5.15. The van der Waals surface area contributed by atoms with Crippen molar-refractivity contribution in [2.24, 2.45) is 0 Å². The molecule has 0 heterocycles. The van der Waals surface area contributed by atoms with Crippen LogP contribution in [0.4, 0.5) is 0 Å². The predicted molar refractivity (Wildman–Crippen MR) is 241 cm³/mol. The molecule has 9 atom stereocenters. The van der Waals surface area contributed by atoms with E-state index in [9.17, 15) is 49.7 Å². The van der Waals surface area contributed by atoms with E-state index in [1.165, 1.54) is 0 Å². The van der Waals surface area contributed by atoms with Crippen LogP contribution in [0, 0.1) is 0 Å². The van der Waals surface area contributed by atoms with Gasteiger partial charge in [0.15, 0.2) is 6.10 Å². The zero-order valence-corrected chi connectivity index (χ0v) is 37.9. The number of hydrogen-bond donors (Lipinski definition) is 7. The number of ether oxygens (including phenoxy) is 2. The average molecular weight is 897 g/mol. The molecule has 7 N–H and O–H groups in total. The molecule has 15 heteroatoms. The maximum Gasteiger partial charge on any atom is 0.472 e. The fourth-order valence-electron chi connectivity index (χ4n) is 6.23. The molecule has 1 aliphatic carbocycles. The van der Waals surface area contributed by atoms with Gasteiger partial charge in [-0.1, -0.05) is 137 Å². The van der Waals surface area contributed by atoms with Crippen LogP contribution in [-0.4, -0.2) is 110 Å². The molecule has 0 aliphatic heterocycles. The minimum Gasteiger partial charge on any atom is -0.462 e. The second kappa shape index (κ2) is 36.3. The third-order valence-electron chi connectivity index (χ3n) is 9.84. The highest BCUT2D eigenvalue weighted by molar-refractivity contribution is 7.47. The summed E-state index contributed by atoms with van der Waals surface area (Å²) >= 11 is 0. The summed E-state index contributed by atoms with van der Waals surface area (Å²) in [5, 5.41) is 60.3. The summed E-state index contributed by atoms with van der Waals surface area (Å²) in [5.41, 5.74) is 0. The summed E-state index contributed by atoms with van der Waals surface area (Å²) in [6.07, 6.45) is 29.4. The first kappa shape index (κ1) is 57.0. The van der Waals surface area contributed by atoms with Crippen LogP contribution in [0.1, 0.15) is 136 Å². The first-order valence-electron chi connectivity index (χ1n) is 22.5. The Bertz CT molecular complexity index is 1420. The van der Waals surface area contributed by atoms with Crippen LogP contribution in [0.25, 0.3) is 0 Å². The number of aliphatic hydroxyl groups excluding tert-OH is 6. The molecule has 0 amide bonds. The Morgan fingerprint density at radius 3 is 1.66 bits per heavy atom. The number of allylic oxidation sites excluding steroid dienone is 13. The number of hydrogen-bond acceptors (Lipinski definition) is 13. The van der Waals surface area contributed by atoms with E-state index in [1.54, 1.807) is 6.08 Å². The molecule has 1 fully saturated rings. The van der Waals surface area contributed by atoms with Gasteiger partial charge in [-0.3, -0.25) is 18.6 Å². The first-order chi connectivity index (χ1) is 29.8. The summed E-state index contributed by atoms with van der Waals surface area (Å²) < 4.78 is 33.4. The molecule has 0 aromatic rings.